The number of carbonyl (C=O) groups excluding carboxylic acids is 2. The SMILES string of the molecule is COc1ccc(/C=N\OCC(=O)OCC(=O)NCc2ccccc2F)cc1. The average molecular weight is 374 g/mol. The molecule has 0 spiro atoms. The summed E-state index contributed by atoms with van der Waals surface area (Å²) in [6, 6.07) is 13.1. The lowest BCUT2D eigenvalue weighted by molar-refractivity contribution is -0.152. The number of nitrogens with zero attached hydrogens (tertiary/aromatic N) is 1. The molecule has 0 atom stereocenters. The van der Waals surface area contributed by atoms with Gasteiger partial charge in [-0.05, 0) is 35.9 Å². The molecule has 0 unspecified atom stereocenters. The first-order valence-corrected chi connectivity index (χ1v) is 8.03. The van der Waals surface area contributed by atoms with Gasteiger partial charge in [-0.25, -0.2) is 9.18 Å². The number of rotatable bonds is 9. The summed E-state index contributed by atoms with van der Waals surface area (Å²) in [4.78, 5) is 27.9. The van der Waals surface area contributed by atoms with Gasteiger partial charge in [0.15, 0.2) is 6.61 Å². The van der Waals surface area contributed by atoms with Crippen molar-refractivity contribution >= 4 is 18.1 Å². The van der Waals surface area contributed by atoms with Crippen LogP contribution < -0.4 is 10.1 Å². The number of benzene rings is 2. The molecular formula is C19H19FN2O5. The van der Waals surface area contributed by atoms with Crippen LogP contribution in [-0.2, 0) is 25.7 Å². The van der Waals surface area contributed by atoms with E-state index in [1.165, 1.54) is 12.3 Å². The summed E-state index contributed by atoms with van der Waals surface area (Å²) in [5.41, 5.74) is 1.10. The Morgan fingerprint density at radius 3 is 2.56 bits per heavy atom. The fraction of sp³-hybridized carbons (Fsp3) is 0.211. The number of amides is 1. The molecule has 8 heteroatoms. The summed E-state index contributed by atoms with van der Waals surface area (Å²) < 4.78 is 23.2. The van der Waals surface area contributed by atoms with Crippen molar-refractivity contribution in [3.8, 4) is 5.75 Å². The number of carbonyl (C=O) groups is 2. The molecule has 0 fully saturated rings. The van der Waals surface area contributed by atoms with Crippen molar-refractivity contribution in [2.45, 2.75) is 6.54 Å². The third kappa shape index (κ3) is 7.15. The van der Waals surface area contributed by atoms with E-state index in [1.807, 2.05) is 0 Å². The van der Waals surface area contributed by atoms with E-state index in [4.69, 9.17) is 14.3 Å². The minimum Gasteiger partial charge on any atom is -0.497 e. The second-order valence-electron chi connectivity index (χ2n) is 5.31. The predicted molar refractivity (Wildman–Crippen MR) is 95.7 cm³/mol. The van der Waals surface area contributed by atoms with Crippen molar-refractivity contribution in [2.24, 2.45) is 5.16 Å². The summed E-state index contributed by atoms with van der Waals surface area (Å²) in [6.45, 7) is -0.919. The summed E-state index contributed by atoms with van der Waals surface area (Å²) in [5.74, 6) is -1.00. The van der Waals surface area contributed by atoms with E-state index < -0.39 is 30.9 Å². The first kappa shape index (κ1) is 19.9. The number of hydrogen-bond acceptors (Lipinski definition) is 6. The second-order valence-corrected chi connectivity index (χ2v) is 5.31. The fourth-order valence-corrected chi connectivity index (χ4v) is 1.95. The van der Waals surface area contributed by atoms with Crippen LogP contribution in [0.5, 0.6) is 5.75 Å². The van der Waals surface area contributed by atoms with Crippen LogP contribution in [0.15, 0.2) is 53.7 Å². The number of oxime groups is 1. The van der Waals surface area contributed by atoms with Gasteiger partial charge in [0.05, 0.1) is 13.3 Å². The zero-order valence-corrected chi connectivity index (χ0v) is 14.7. The summed E-state index contributed by atoms with van der Waals surface area (Å²) >= 11 is 0. The van der Waals surface area contributed by atoms with Crippen LogP contribution in [0.25, 0.3) is 0 Å². The zero-order valence-electron chi connectivity index (χ0n) is 14.7. The van der Waals surface area contributed by atoms with Gasteiger partial charge in [-0.3, -0.25) is 4.79 Å². The summed E-state index contributed by atoms with van der Waals surface area (Å²) in [6.07, 6.45) is 1.42. The molecule has 2 aromatic rings. The van der Waals surface area contributed by atoms with Gasteiger partial charge in [0.2, 0.25) is 6.61 Å². The van der Waals surface area contributed by atoms with E-state index in [1.54, 1.807) is 49.6 Å². The van der Waals surface area contributed by atoms with Crippen molar-refractivity contribution < 1.29 is 28.3 Å². The molecule has 0 aromatic heterocycles. The van der Waals surface area contributed by atoms with Crippen LogP contribution in [0.2, 0.25) is 0 Å². The van der Waals surface area contributed by atoms with E-state index in [9.17, 15) is 14.0 Å². The van der Waals surface area contributed by atoms with Gasteiger partial charge in [-0.15, -0.1) is 0 Å². The Morgan fingerprint density at radius 2 is 1.85 bits per heavy atom. The van der Waals surface area contributed by atoms with Gasteiger partial charge < -0.3 is 19.6 Å². The van der Waals surface area contributed by atoms with Gasteiger partial charge in [0, 0.05) is 12.1 Å². The Labute approximate surface area is 155 Å². The monoisotopic (exact) mass is 374 g/mol. The van der Waals surface area contributed by atoms with Gasteiger partial charge in [-0.1, -0.05) is 23.4 Å². The van der Waals surface area contributed by atoms with E-state index in [2.05, 4.69) is 10.5 Å². The van der Waals surface area contributed by atoms with Crippen molar-refractivity contribution in [3.05, 3.63) is 65.5 Å². The number of hydrogen-bond donors (Lipinski definition) is 1. The normalized spacial score (nSPS) is 10.4. The lowest BCUT2D eigenvalue weighted by atomic mass is 10.2. The number of halogens is 1. The standard InChI is InChI=1S/C19H19FN2O5/c1-25-16-8-6-14(7-9-16)10-22-27-13-19(24)26-12-18(23)21-11-15-4-2-3-5-17(15)20/h2-10H,11-13H2,1H3,(H,21,23)/b22-10-. The highest BCUT2D eigenvalue weighted by molar-refractivity contribution is 5.81. The molecule has 0 heterocycles. The van der Waals surface area contributed by atoms with Crippen LogP contribution in [0.1, 0.15) is 11.1 Å². The highest BCUT2D eigenvalue weighted by Gasteiger charge is 2.09. The third-order valence-electron chi connectivity index (χ3n) is 3.37. The molecule has 0 saturated heterocycles. The number of esters is 1. The van der Waals surface area contributed by atoms with Crippen molar-refractivity contribution in [3.63, 3.8) is 0 Å². The molecule has 2 aromatic carbocycles. The fourth-order valence-electron chi connectivity index (χ4n) is 1.95. The Bertz CT molecular complexity index is 793. The average Bonchev–Trinajstić information content (AvgIpc) is 2.69. The maximum absolute atomic E-state index is 13.4. The van der Waals surface area contributed by atoms with E-state index >= 15 is 0 Å². The van der Waals surface area contributed by atoms with Crippen molar-refractivity contribution in [2.75, 3.05) is 20.3 Å². The van der Waals surface area contributed by atoms with Crippen LogP contribution in [-0.4, -0.2) is 38.4 Å². The lowest BCUT2D eigenvalue weighted by Crippen LogP contribution is -2.29. The van der Waals surface area contributed by atoms with Crippen LogP contribution in [0, 0.1) is 5.82 Å². The van der Waals surface area contributed by atoms with E-state index in [0.717, 1.165) is 5.56 Å². The van der Waals surface area contributed by atoms with Crippen molar-refractivity contribution in [1.29, 1.82) is 0 Å². The maximum Gasteiger partial charge on any atom is 0.347 e. The first-order valence-electron chi connectivity index (χ1n) is 8.03. The molecule has 1 amide bonds. The topological polar surface area (TPSA) is 86.2 Å². The van der Waals surface area contributed by atoms with Gasteiger partial charge in [-0.2, -0.15) is 0 Å². The quantitative estimate of drug-likeness (QED) is 0.412. The molecule has 2 rings (SSSR count). The molecule has 0 radical (unpaired) electrons. The smallest absolute Gasteiger partial charge is 0.347 e. The van der Waals surface area contributed by atoms with Gasteiger partial charge in [0.25, 0.3) is 5.91 Å². The van der Waals surface area contributed by atoms with E-state index in [-0.39, 0.29) is 6.54 Å². The molecule has 0 aliphatic carbocycles. The molecule has 142 valence electrons. The Kier molecular flexibility index (Phi) is 7.77. The Balaban J connectivity index is 1.63. The summed E-state index contributed by atoms with van der Waals surface area (Å²) in [5, 5.41) is 6.10. The maximum atomic E-state index is 13.4. The molecule has 27 heavy (non-hydrogen) atoms. The number of methoxy groups -OCH3 is 1. The number of nitrogens with one attached hydrogen (secondary N) is 1. The number of ether oxygens (including phenoxy) is 2. The Hall–Kier alpha value is -3.42. The van der Waals surface area contributed by atoms with E-state index in [0.29, 0.717) is 11.3 Å². The third-order valence-corrected chi connectivity index (χ3v) is 3.37. The highest BCUT2D eigenvalue weighted by atomic mass is 19.1. The first-order chi connectivity index (χ1) is 13.1. The molecule has 0 saturated carbocycles. The molecule has 0 aliphatic heterocycles. The predicted octanol–water partition coefficient (Wildman–Crippen LogP) is 2.04. The van der Waals surface area contributed by atoms with Gasteiger partial charge >= 0.3 is 5.97 Å². The minimum absolute atomic E-state index is 0.00567. The summed E-state index contributed by atoms with van der Waals surface area (Å²) in [7, 11) is 1.57. The molecule has 0 bridgehead atoms. The lowest BCUT2D eigenvalue weighted by Gasteiger charge is -2.07. The zero-order chi connectivity index (χ0) is 19.5. The van der Waals surface area contributed by atoms with Crippen LogP contribution in [0.3, 0.4) is 0 Å². The molecule has 0 aliphatic rings. The van der Waals surface area contributed by atoms with Gasteiger partial charge in [0.1, 0.15) is 11.6 Å². The van der Waals surface area contributed by atoms with Crippen LogP contribution in [0.4, 0.5) is 4.39 Å². The van der Waals surface area contributed by atoms with Crippen LogP contribution >= 0.6 is 0 Å². The second kappa shape index (κ2) is 10.5. The molecule has 1 N–H and O–H groups in total. The largest absolute Gasteiger partial charge is 0.497 e. The highest BCUT2D eigenvalue weighted by Crippen LogP contribution is 2.09. The van der Waals surface area contributed by atoms with Crippen molar-refractivity contribution in [1.82, 2.24) is 5.32 Å². The molecule has 7 nitrogen and oxygen atoms in total. The molecular weight excluding hydrogens is 355 g/mol. The Morgan fingerprint density at radius 1 is 1.11 bits per heavy atom. The minimum atomic E-state index is -0.747.